The molecule has 0 aromatic carbocycles. The van der Waals surface area contributed by atoms with E-state index in [2.05, 4.69) is 4.99 Å². The SMILES string of the molecule is COCCOC(=O)C1=C(C)N=C(C)C(C(=O)OCCOC)C1c1ccsc1. The third-order valence-electron chi connectivity index (χ3n) is 4.26. The number of hydrogen-bond acceptors (Lipinski definition) is 8. The standard InChI is InChI=1S/C19H25NO6S/c1-12-15(18(21)25-8-6-23-3)17(14-5-10-27-11-14)16(13(2)20-12)19(22)26-9-7-24-4/h5,10-11,15,17H,6-9H2,1-4H3. The number of allylic oxidation sites excluding steroid dienone is 1. The minimum Gasteiger partial charge on any atom is -0.463 e. The van der Waals surface area contributed by atoms with Crippen LogP contribution in [-0.2, 0) is 28.5 Å². The maximum absolute atomic E-state index is 12.8. The van der Waals surface area contributed by atoms with E-state index in [0.717, 1.165) is 5.56 Å². The molecule has 0 saturated carbocycles. The summed E-state index contributed by atoms with van der Waals surface area (Å²) in [5, 5.41) is 3.83. The number of carbonyl (C=O) groups is 2. The predicted molar refractivity (Wildman–Crippen MR) is 102 cm³/mol. The first-order valence-corrected chi connectivity index (χ1v) is 9.55. The minimum absolute atomic E-state index is 0.133. The van der Waals surface area contributed by atoms with Gasteiger partial charge in [-0.1, -0.05) is 0 Å². The number of carbonyl (C=O) groups excluding carboxylic acids is 2. The molecule has 0 aliphatic carbocycles. The summed E-state index contributed by atoms with van der Waals surface area (Å²) in [6.07, 6.45) is 0. The fraction of sp³-hybridized carbons (Fsp3) is 0.526. The molecule has 0 radical (unpaired) electrons. The van der Waals surface area contributed by atoms with Crippen LogP contribution in [0, 0.1) is 5.92 Å². The zero-order chi connectivity index (χ0) is 19.8. The number of aliphatic imine (C=N–C) groups is 1. The van der Waals surface area contributed by atoms with Crippen molar-refractivity contribution in [3.05, 3.63) is 33.7 Å². The van der Waals surface area contributed by atoms with Crippen molar-refractivity contribution in [2.75, 3.05) is 40.6 Å². The third kappa shape index (κ3) is 5.24. The molecule has 0 bridgehead atoms. The highest BCUT2D eigenvalue weighted by Crippen LogP contribution is 2.40. The molecular formula is C19H25NO6S. The average Bonchev–Trinajstić information content (AvgIpc) is 3.15. The van der Waals surface area contributed by atoms with Crippen LogP contribution in [0.2, 0.25) is 0 Å². The van der Waals surface area contributed by atoms with Crippen LogP contribution in [0.1, 0.15) is 25.3 Å². The first-order valence-electron chi connectivity index (χ1n) is 8.61. The second-order valence-electron chi connectivity index (χ2n) is 6.05. The number of ether oxygens (including phenoxy) is 4. The fourth-order valence-corrected chi connectivity index (χ4v) is 3.73. The van der Waals surface area contributed by atoms with Crippen LogP contribution in [0.15, 0.2) is 33.1 Å². The molecule has 8 heteroatoms. The molecule has 148 valence electrons. The summed E-state index contributed by atoms with van der Waals surface area (Å²) in [6, 6.07) is 1.90. The summed E-state index contributed by atoms with van der Waals surface area (Å²) in [6.45, 7) is 4.41. The Labute approximate surface area is 163 Å². The maximum Gasteiger partial charge on any atom is 0.336 e. The Morgan fingerprint density at radius 3 is 2.33 bits per heavy atom. The summed E-state index contributed by atoms with van der Waals surface area (Å²) in [5.74, 6) is -2.12. The zero-order valence-electron chi connectivity index (χ0n) is 16.0. The number of methoxy groups -OCH3 is 2. The number of thiophene rings is 1. The first-order chi connectivity index (χ1) is 13.0. The van der Waals surface area contributed by atoms with Gasteiger partial charge in [0, 0.05) is 31.5 Å². The molecule has 0 fully saturated rings. The van der Waals surface area contributed by atoms with Gasteiger partial charge in [0.1, 0.15) is 19.1 Å². The highest BCUT2D eigenvalue weighted by atomic mass is 32.1. The summed E-state index contributed by atoms with van der Waals surface area (Å²) in [7, 11) is 3.07. The van der Waals surface area contributed by atoms with Crippen LogP contribution in [0.4, 0.5) is 0 Å². The van der Waals surface area contributed by atoms with Gasteiger partial charge in [0.15, 0.2) is 0 Å². The largest absolute Gasteiger partial charge is 0.463 e. The van der Waals surface area contributed by atoms with Gasteiger partial charge in [-0.15, -0.1) is 0 Å². The van der Waals surface area contributed by atoms with Crippen LogP contribution < -0.4 is 0 Å². The lowest BCUT2D eigenvalue weighted by Crippen LogP contribution is -2.37. The van der Waals surface area contributed by atoms with E-state index in [0.29, 0.717) is 30.2 Å². The Morgan fingerprint density at radius 1 is 1.07 bits per heavy atom. The Kier molecular flexibility index (Phi) is 8.15. The van der Waals surface area contributed by atoms with Crippen LogP contribution in [0.25, 0.3) is 0 Å². The number of rotatable bonds is 9. The molecular weight excluding hydrogens is 370 g/mol. The zero-order valence-corrected chi connectivity index (χ0v) is 16.8. The van der Waals surface area contributed by atoms with Gasteiger partial charge in [-0.2, -0.15) is 11.3 Å². The molecule has 2 unspecified atom stereocenters. The summed E-state index contributed by atoms with van der Waals surface area (Å²) in [5.41, 5.74) is 2.40. The summed E-state index contributed by atoms with van der Waals surface area (Å²) >= 11 is 1.50. The van der Waals surface area contributed by atoms with E-state index in [4.69, 9.17) is 18.9 Å². The van der Waals surface area contributed by atoms with E-state index < -0.39 is 23.8 Å². The van der Waals surface area contributed by atoms with Crippen molar-refractivity contribution in [1.82, 2.24) is 0 Å². The van der Waals surface area contributed by atoms with E-state index in [1.807, 2.05) is 16.8 Å². The Bertz CT molecular complexity index is 710. The van der Waals surface area contributed by atoms with Gasteiger partial charge in [-0.25, -0.2) is 4.79 Å². The van der Waals surface area contributed by atoms with Gasteiger partial charge in [-0.05, 0) is 36.2 Å². The van der Waals surface area contributed by atoms with Gasteiger partial charge in [0.25, 0.3) is 0 Å². The van der Waals surface area contributed by atoms with Gasteiger partial charge in [-0.3, -0.25) is 9.79 Å². The molecule has 1 aromatic rings. The third-order valence-corrected chi connectivity index (χ3v) is 4.96. The molecule has 0 spiro atoms. The normalized spacial score (nSPS) is 19.6. The average molecular weight is 395 g/mol. The highest BCUT2D eigenvalue weighted by molar-refractivity contribution is 7.08. The van der Waals surface area contributed by atoms with Crippen molar-refractivity contribution in [2.24, 2.45) is 10.9 Å². The first kappa shape index (κ1) is 21.3. The molecule has 2 atom stereocenters. The smallest absolute Gasteiger partial charge is 0.336 e. The molecule has 2 rings (SSSR count). The molecule has 0 N–H and O–H groups in total. The van der Waals surface area contributed by atoms with Gasteiger partial charge in [0.2, 0.25) is 0 Å². The van der Waals surface area contributed by atoms with Crippen molar-refractivity contribution in [2.45, 2.75) is 19.8 Å². The fourth-order valence-electron chi connectivity index (χ4n) is 3.03. The second-order valence-corrected chi connectivity index (χ2v) is 6.83. The Morgan fingerprint density at radius 2 is 1.74 bits per heavy atom. The minimum atomic E-state index is -0.690. The second kappa shape index (κ2) is 10.3. The molecule has 2 heterocycles. The molecule has 1 aromatic heterocycles. The van der Waals surface area contributed by atoms with Crippen molar-refractivity contribution < 1.29 is 28.5 Å². The predicted octanol–water partition coefficient (Wildman–Crippen LogP) is 2.58. The van der Waals surface area contributed by atoms with Crippen molar-refractivity contribution in [3.8, 4) is 0 Å². The van der Waals surface area contributed by atoms with Crippen LogP contribution >= 0.6 is 11.3 Å². The van der Waals surface area contributed by atoms with Crippen molar-refractivity contribution in [1.29, 1.82) is 0 Å². The molecule has 27 heavy (non-hydrogen) atoms. The maximum atomic E-state index is 12.8. The number of nitrogens with zero attached hydrogens (tertiary/aromatic N) is 1. The van der Waals surface area contributed by atoms with E-state index in [9.17, 15) is 9.59 Å². The number of esters is 2. The van der Waals surface area contributed by atoms with Gasteiger partial charge in [0.05, 0.1) is 18.8 Å². The molecule has 1 aliphatic heterocycles. The summed E-state index contributed by atoms with van der Waals surface area (Å²) < 4.78 is 20.5. The lowest BCUT2D eigenvalue weighted by atomic mass is 9.76. The van der Waals surface area contributed by atoms with Gasteiger partial charge < -0.3 is 18.9 Å². The lowest BCUT2D eigenvalue weighted by molar-refractivity contribution is -0.148. The summed E-state index contributed by atoms with van der Waals surface area (Å²) in [4.78, 5) is 30.0. The monoisotopic (exact) mass is 395 g/mol. The molecule has 0 amide bonds. The number of hydrogen-bond donors (Lipinski definition) is 0. The van der Waals surface area contributed by atoms with Crippen molar-refractivity contribution in [3.63, 3.8) is 0 Å². The quantitative estimate of drug-likeness (QED) is 0.472. The highest BCUT2D eigenvalue weighted by Gasteiger charge is 2.42. The molecule has 7 nitrogen and oxygen atoms in total. The van der Waals surface area contributed by atoms with E-state index in [1.54, 1.807) is 13.8 Å². The molecule has 1 aliphatic rings. The topological polar surface area (TPSA) is 83.4 Å². The lowest BCUT2D eigenvalue weighted by Gasteiger charge is -2.31. The van der Waals surface area contributed by atoms with E-state index >= 15 is 0 Å². The van der Waals surface area contributed by atoms with Crippen molar-refractivity contribution >= 4 is 29.0 Å². The molecule has 0 saturated heterocycles. The van der Waals surface area contributed by atoms with E-state index in [-0.39, 0.29) is 13.2 Å². The van der Waals surface area contributed by atoms with Crippen LogP contribution in [0.3, 0.4) is 0 Å². The van der Waals surface area contributed by atoms with Crippen LogP contribution in [0.5, 0.6) is 0 Å². The van der Waals surface area contributed by atoms with Gasteiger partial charge >= 0.3 is 11.9 Å². The van der Waals surface area contributed by atoms with E-state index in [1.165, 1.54) is 25.6 Å². The van der Waals surface area contributed by atoms with Crippen LogP contribution in [-0.4, -0.2) is 58.3 Å². The Balaban J connectivity index is 2.36. The Hall–Kier alpha value is -2.03.